The molecule has 5 nitrogen and oxygen atoms in total. The first kappa shape index (κ1) is 16.8. The van der Waals surface area contributed by atoms with E-state index >= 15 is 0 Å². The Hall–Kier alpha value is -2.58. The van der Waals surface area contributed by atoms with Crippen LogP contribution in [-0.4, -0.2) is 28.9 Å². The number of hydrogen-bond acceptors (Lipinski definition) is 4. The zero-order valence-corrected chi connectivity index (χ0v) is 13.1. The van der Waals surface area contributed by atoms with Crippen molar-refractivity contribution in [1.82, 2.24) is 10.2 Å². The van der Waals surface area contributed by atoms with Crippen molar-refractivity contribution in [2.45, 2.75) is 32.5 Å². The van der Waals surface area contributed by atoms with Crippen molar-refractivity contribution in [3.8, 4) is 12.3 Å². The number of aromatic nitrogens is 2. The van der Waals surface area contributed by atoms with Crippen LogP contribution in [0.2, 0.25) is 0 Å². The van der Waals surface area contributed by atoms with Gasteiger partial charge < -0.3 is 9.47 Å². The maximum absolute atomic E-state index is 11.9. The number of ether oxygens (including phenoxy) is 2. The van der Waals surface area contributed by atoms with E-state index in [1.165, 1.54) is 6.20 Å². The lowest BCUT2D eigenvalue weighted by Crippen LogP contribution is -2.17. The molecule has 1 N–H and O–H groups in total. The highest BCUT2D eigenvalue weighted by Gasteiger charge is 2.16. The molecule has 0 amide bonds. The van der Waals surface area contributed by atoms with Gasteiger partial charge in [0.1, 0.15) is 0 Å². The van der Waals surface area contributed by atoms with Crippen LogP contribution in [0.3, 0.4) is 0 Å². The molecule has 0 radical (unpaired) electrons. The molecule has 1 atom stereocenters. The number of nitrogens with one attached hydrogen (secondary N) is 1. The lowest BCUT2D eigenvalue weighted by molar-refractivity contribution is 0.0283. The summed E-state index contributed by atoms with van der Waals surface area (Å²) in [6, 6.07) is 10.0. The van der Waals surface area contributed by atoms with E-state index in [-0.39, 0.29) is 11.8 Å². The standard InChI is InChI=1S/C18H20N2O3/c1-3-16-12-19-20-17(16)18(21)23-14(2)8-7-11-22-13-15-9-5-4-6-10-15/h1,4-6,9-10,12,14H,7-8,11,13H2,2H3,(H,19,20). The molecule has 2 rings (SSSR count). The molecule has 2 aromatic rings. The van der Waals surface area contributed by atoms with E-state index in [4.69, 9.17) is 15.9 Å². The lowest BCUT2D eigenvalue weighted by atomic mass is 10.2. The van der Waals surface area contributed by atoms with Crippen LogP contribution in [0.25, 0.3) is 0 Å². The van der Waals surface area contributed by atoms with Crippen molar-refractivity contribution in [2.24, 2.45) is 0 Å². The summed E-state index contributed by atoms with van der Waals surface area (Å²) in [5.41, 5.74) is 1.78. The van der Waals surface area contributed by atoms with E-state index in [0.29, 0.717) is 18.8 Å². The highest BCUT2D eigenvalue weighted by Crippen LogP contribution is 2.10. The number of rotatable bonds is 8. The summed E-state index contributed by atoms with van der Waals surface area (Å²) in [5.74, 6) is 1.91. The SMILES string of the molecule is C#Cc1cn[nH]c1C(=O)OC(C)CCCOCc1ccccc1. The van der Waals surface area contributed by atoms with Crippen LogP contribution >= 0.6 is 0 Å². The fourth-order valence-electron chi connectivity index (χ4n) is 2.09. The normalized spacial score (nSPS) is 11.7. The van der Waals surface area contributed by atoms with Crippen LogP contribution in [0.4, 0.5) is 0 Å². The number of hydrogen-bond donors (Lipinski definition) is 1. The first-order valence-corrected chi connectivity index (χ1v) is 7.53. The van der Waals surface area contributed by atoms with Crippen molar-refractivity contribution < 1.29 is 14.3 Å². The number of esters is 1. The third kappa shape index (κ3) is 5.28. The second-order valence-corrected chi connectivity index (χ2v) is 5.20. The molecular weight excluding hydrogens is 292 g/mol. The average molecular weight is 312 g/mol. The summed E-state index contributed by atoms with van der Waals surface area (Å²) < 4.78 is 10.9. The molecule has 0 spiro atoms. The Labute approximate surface area is 136 Å². The minimum atomic E-state index is -0.479. The molecule has 5 heteroatoms. The van der Waals surface area contributed by atoms with Gasteiger partial charge in [-0.15, -0.1) is 6.42 Å². The molecule has 1 aromatic carbocycles. The van der Waals surface area contributed by atoms with Crippen LogP contribution in [0.5, 0.6) is 0 Å². The number of carbonyl (C=O) groups is 1. The third-order valence-corrected chi connectivity index (χ3v) is 3.32. The number of terminal acetylenes is 1. The van der Waals surface area contributed by atoms with Gasteiger partial charge in [0, 0.05) is 6.61 Å². The molecule has 0 fully saturated rings. The van der Waals surface area contributed by atoms with Crippen molar-refractivity contribution in [2.75, 3.05) is 6.61 Å². The third-order valence-electron chi connectivity index (χ3n) is 3.32. The highest BCUT2D eigenvalue weighted by molar-refractivity contribution is 5.90. The molecule has 0 aliphatic carbocycles. The largest absolute Gasteiger partial charge is 0.458 e. The number of benzene rings is 1. The van der Waals surface area contributed by atoms with Gasteiger partial charge in [0.05, 0.1) is 24.5 Å². The predicted molar refractivity (Wildman–Crippen MR) is 86.7 cm³/mol. The quantitative estimate of drug-likeness (QED) is 0.462. The van der Waals surface area contributed by atoms with Crippen molar-refractivity contribution in [3.63, 3.8) is 0 Å². The Kier molecular flexibility index (Phi) is 6.40. The summed E-state index contributed by atoms with van der Waals surface area (Å²) >= 11 is 0. The Balaban J connectivity index is 1.64. The van der Waals surface area contributed by atoms with Gasteiger partial charge in [-0.25, -0.2) is 4.79 Å². The fraction of sp³-hybridized carbons (Fsp3) is 0.333. The van der Waals surface area contributed by atoms with E-state index in [9.17, 15) is 4.79 Å². The summed E-state index contributed by atoms with van der Waals surface area (Å²) in [6.07, 6.45) is 8.04. The van der Waals surface area contributed by atoms with E-state index in [1.54, 1.807) is 0 Å². The van der Waals surface area contributed by atoms with E-state index in [1.807, 2.05) is 37.3 Å². The zero-order chi connectivity index (χ0) is 16.5. The number of carbonyl (C=O) groups excluding carboxylic acids is 1. The van der Waals surface area contributed by atoms with Gasteiger partial charge in [0.2, 0.25) is 0 Å². The summed E-state index contributed by atoms with van der Waals surface area (Å²) in [4.78, 5) is 11.9. The number of H-pyrrole nitrogens is 1. The molecule has 1 aromatic heterocycles. The average Bonchev–Trinajstić information content (AvgIpc) is 3.04. The monoisotopic (exact) mass is 312 g/mol. The molecule has 23 heavy (non-hydrogen) atoms. The molecule has 1 heterocycles. The maximum atomic E-state index is 11.9. The summed E-state index contributed by atoms with van der Waals surface area (Å²) in [6.45, 7) is 3.06. The minimum absolute atomic E-state index is 0.211. The first-order valence-electron chi connectivity index (χ1n) is 7.53. The zero-order valence-electron chi connectivity index (χ0n) is 13.1. The van der Waals surface area contributed by atoms with Crippen molar-refractivity contribution >= 4 is 5.97 Å². The van der Waals surface area contributed by atoms with E-state index < -0.39 is 5.97 Å². The molecular formula is C18H20N2O3. The number of aromatic amines is 1. The molecule has 120 valence electrons. The van der Waals surface area contributed by atoms with Crippen LogP contribution < -0.4 is 0 Å². The molecule has 0 bridgehead atoms. The topological polar surface area (TPSA) is 64.2 Å². The molecule has 0 saturated heterocycles. The van der Waals surface area contributed by atoms with Crippen molar-refractivity contribution in [1.29, 1.82) is 0 Å². The van der Waals surface area contributed by atoms with Gasteiger partial charge in [-0.1, -0.05) is 36.3 Å². The summed E-state index contributed by atoms with van der Waals surface area (Å²) in [5, 5.41) is 6.31. The van der Waals surface area contributed by atoms with Crippen LogP contribution in [0.1, 0.15) is 41.4 Å². The van der Waals surface area contributed by atoms with Crippen molar-refractivity contribution in [3.05, 3.63) is 53.3 Å². The molecule has 1 unspecified atom stereocenters. The smallest absolute Gasteiger partial charge is 0.357 e. The van der Waals surface area contributed by atoms with E-state index in [0.717, 1.165) is 18.4 Å². The van der Waals surface area contributed by atoms with Gasteiger partial charge in [-0.3, -0.25) is 5.10 Å². The molecule has 0 aliphatic rings. The number of nitrogens with zero attached hydrogens (tertiary/aromatic N) is 1. The minimum Gasteiger partial charge on any atom is -0.458 e. The van der Waals surface area contributed by atoms with Gasteiger partial charge in [-0.05, 0) is 25.3 Å². The lowest BCUT2D eigenvalue weighted by Gasteiger charge is -2.12. The Bertz CT molecular complexity index is 658. The Morgan fingerprint density at radius 1 is 1.39 bits per heavy atom. The van der Waals surface area contributed by atoms with Gasteiger partial charge in [0.25, 0.3) is 0 Å². The van der Waals surface area contributed by atoms with Gasteiger partial charge in [0.15, 0.2) is 5.69 Å². The second-order valence-electron chi connectivity index (χ2n) is 5.20. The maximum Gasteiger partial charge on any atom is 0.357 e. The van der Waals surface area contributed by atoms with Crippen LogP contribution in [0, 0.1) is 12.3 Å². The highest BCUT2D eigenvalue weighted by atomic mass is 16.5. The predicted octanol–water partition coefficient (Wildman–Crippen LogP) is 2.93. The Morgan fingerprint density at radius 2 is 2.17 bits per heavy atom. The van der Waals surface area contributed by atoms with Crippen LogP contribution in [0.15, 0.2) is 36.5 Å². The van der Waals surface area contributed by atoms with E-state index in [2.05, 4.69) is 16.1 Å². The Morgan fingerprint density at radius 3 is 2.91 bits per heavy atom. The second kappa shape index (κ2) is 8.76. The molecule has 0 aliphatic heterocycles. The summed E-state index contributed by atoms with van der Waals surface area (Å²) in [7, 11) is 0. The first-order chi connectivity index (χ1) is 11.2. The van der Waals surface area contributed by atoms with Gasteiger partial charge >= 0.3 is 5.97 Å². The fourth-order valence-corrected chi connectivity index (χ4v) is 2.09. The van der Waals surface area contributed by atoms with Crippen LogP contribution in [-0.2, 0) is 16.1 Å². The molecule has 0 saturated carbocycles. The van der Waals surface area contributed by atoms with Gasteiger partial charge in [-0.2, -0.15) is 5.10 Å².